The number of hydrogen-bond donors (Lipinski definition) is 0. The van der Waals surface area contributed by atoms with Crippen molar-refractivity contribution >= 4 is 5.97 Å². The van der Waals surface area contributed by atoms with Gasteiger partial charge in [0.25, 0.3) is 0 Å². The van der Waals surface area contributed by atoms with E-state index in [-0.39, 0.29) is 17.7 Å². The highest BCUT2D eigenvalue weighted by Gasteiger charge is 2.27. The predicted molar refractivity (Wildman–Crippen MR) is 71.0 cm³/mol. The second kappa shape index (κ2) is 6.66. The van der Waals surface area contributed by atoms with Crippen LogP contribution in [0.5, 0.6) is 0 Å². The zero-order valence-electron chi connectivity index (χ0n) is 11.3. The highest BCUT2D eigenvalue weighted by molar-refractivity contribution is 5.72. The molecule has 104 valence electrons. The minimum absolute atomic E-state index is 0.0690. The van der Waals surface area contributed by atoms with Gasteiger partial charge in [0.05, 0.1) is 12.5 Å². The molecular formula is C15H20FNO2. The van der Waals surface area contributed by atoms with E-state index >= 15 is 0 Å². The maximum atomic E-state index is 13.6. The van der Waals surface area contributed by atoms with E-state index in [4.69, 9.17) is 4.74 Å². The Hall–Kier alpha value is -1.42. The van der Waals surface area contributed by atoms with E-state index in [0.717, 1.165) is 19.4 Å². The number of nitrogens with zero attached hydrogens (tertiary/aromatic N) is 1. The maximum absolute atomic E-state index is 13.6. The monoisotopic (exact) mass is 265 g/mol. The van der Waals surface area contributed by atoms with E-state index in [1.165, 1.54) is 6.07 Å². The first kappa shape index (κ1) is 14.0. The SMILES string of the molecule is CCOC(=O)[C@H]1CCCN(Cc2ccccc2F)C1. The van der Waals surface area contributed by atoms with Gasteiger partial charge in [0, 0.05) is 18.7 Å². The average Bonchev–Trinajstić information content (AvgIpc) is 2.42. The molecule has 2 rings (SSSR count). The third kappa shape index (κ3) is 3.77. The number of carbonyl (C=O) groups is 1. The standard InChI is InChI=1S/C15H20FNO2/c1-2-19-15(18)13-7-5-9-17(11-13)10-12-6-3-4-8-14(12)16/h3-4,6,8,13H,2,5,7,9-11H2,1H3/t13-/m0/s1. The van der Waals surface area contributed by atoms with Gasteiger partial charge in [-0.15, -0.1) is 0 Å². The van der Waals surface area contributed by atoms with Crippen LogP contribution >= 0.6 is 0 Å². The van der Waals surface area contributed by atoms with E-state index in [9.17, 15) is 9.18 Å². The van der Waals surface area contributed by atoms with Gasteiger partial charge in [0.15, 0.2) is 0 Å². The van der Waals surface area contributed by atoms with Gasteiger partial charge in [0.2, 0.25) is 0 Å². The Morgan fingerprint density at radius 1 is 1.47 bits per heavy atom. The number of likely N-dealkylation sites (tertiary alicyclic amines) is 1. The van der Waals surface area contributed by atoms with Crippen LogP contribution in [0.2, 0.25) is 0 Å². The van der Waals surface area contributed by atoms with Gasteiger partial charge in [-0.25, -0.2) is 4.39 Å². The largest absolute Gasteiger partial charge is 0.466 e. The molecule has 1 heterocycles. The highest BCUT2D eigenvalue weighted by Crippen LogP contribution is 2.20. The molecule has 1 aliphatic rings. The van der Waals surface area contributed by atoms with E-state index in [1.54, 1.807) is 12.1 Å². The normalized spacial score (nSPS) is 20.2. The second-order valence-electron chi connectivity index (χ2n) is 4.92. The molecule has 1 aliphatic heterocycles. The average molecular weight is 265 g/mol. The Morgan fingerprint density at radius 3 is 3.00 bits per heavy atom. The molecule has 0 unspecified atom stereocenters. The van der Waals surface area contributed by atoms with E-state index in [1.807, 2.05) is 13.0 Å². The lowest BCUT2D eigenvalue weighted by Gasteiger charge is -2.31. The second-order valence-corrected chi connectivity index (χ2v) is 4.92. The number of ether oxygens (including phenoxy) is 1. The van der Waals surface area contributed by atoms with Crippen molar-refractivity contribution in [1.29, 1.82) is 0 Å². The topological polar surface area (TPSA) is 29.5 Å². The molecule has 0 bridgehead atoms. The van der Waals surface area contributed by atoms with Crippen molar-refractivity contribution in [3.05, 3.63) is 35.6 Å². The van der Waals surface area contributed by atoms with Gasteiger partial charge in [-0.2, -0.15) is 0 Å². The number of rotatable bonds is 4. The van der Waals surface area contributed by atoms with Gasteiger partial charge in [-0.1, -0.05) is 18.2 Å². The van der Waals surface area contributed by atoms with E-state index < -0.39 is 0 Å². The van der Waals surface area contributed by atoms with Gasteiger partial charge in [-0.3, -0.25) is 9.69 Å². The van der Waals surface area contributed by atoms with E-state index in [0.29, 0.717) is 25.3 Å². The van der Waals surface area contributed by atoms with Crippen LogP contribution in [0.15, 0.2) is 24.3 Å². The first-order chi connectivity index (χ1) is 9.20. The smallest absolute Gasteiger partial charge is 0.310 e. The molecule has 0 saturated carbocycles. The molecule has 1 aromatic rings. The van der Waals surface area contributed by atoms with Crippen molar-refractivity contribution < 1.29 is 13.9 Å². The van der Waals surface area contributed by atoms with Crippen molar-refractivity contribution in [1.82, 2.24) is 4.90 Å². The highest BCUT2D eigenvalue weighted by atomic mass is 19.1. The first-order valence-corrected chi connectivity index (χ1v) is 6.83. The van der Waals surface area contributed by atoms with Gasteiger partial charge < -0.3 is 4.74 Å². The fourth-order valence-electron chi connectivity index (χ4n) is 2.52. The van der Waals surface area contributed by atoms with Gasteiger partial charge >= 0.3 is 5.97 Å². The third-order valence-corrected chi connectivity index (χ3v) is 3.48. The molecular weight excluding hydrogens is 245 g/mol. The quantitative estimate of drug-likeness (QED) is 0.784. The number of hydrogen-bond acceptors (Lipinski definition) is 3. The summed E-state index contributed by atoms with van der Waals surface area (Å²) in [4.78, 5) is 13.9. The zero-order valence-corrected chi connectivity index (χ0v) is 11.3. The first-order valence-electron chi connectivity index (χ1n) is 6.83. The molecule has 19 heavy (non-hydrogen) atoms. The molecule has 0 spiro atoms. The van der Waals surface area contributed by atoms with Crippen LogP contribution in [-0.2, 0) is 16.1 Å². The maximum Gasteiger partial charge on any atom is 0.310 e. The third-order valence-electron chi connectivity index (χ3n) is 3.48. The van der Waals surface area contributed by atoms with Crippen LogP contribution in [-0.4, -0.2) is 30.6 Å². The lowest BCUT2D eigenvalue weighted by Crippen LogP contribution is -2.39. The summed E-state index contributed by atoms with van der Waals surface area (Å²) in [6, 6.07) is 6.80. The summed E-state index contributed by atoms with van der Waals surface area (Å²) in [6.07, 6.45) is 1.82. The van der Waals surface area contributed by atoms with Crippen LogP contribution in [0, 0.1) is 11.7 Å². The van der Waals surface area contributed by atoms with Gasteiger partial charge in [-0.05, 0) is 32.4 Å². The van der Waals surface area contributed by atoms with Gasteiger partial charge in [0.1, 0.15) is 5.82 Å². The summed E-state index contributed by atoms with van der Waals surface area (Å²) in [5.41, 5.74) is 0.687. The number of piperidine rings is 1. The molecule has 3 nitrogen and oxygen atoms in total. The Bertz CT molecular complexity index is 436. The fraction of sp³-hybridized carbons (Fsp3) is 0.533. The molecule has 0 aromatic heterocycles. The molecule has 1 saturated heterocycles. The Kier molecular flexibility index (Phi) is 4.91. The lowest BCUT2D eigenvalue weighted by atomic mass is 9.97. The van der Waals surface area contributed by atoms with Crippen LogP contribution < -0.4 is 0 Å². The summed E-state index contributed by atoms with van der Waals surface area (Å²) in [7, 11) is 0. The molecule has 1 aromatic carbocycles. The van der Waals surface area contributed by atoms with Crippen LogP contribution in [0.3, 0.4) is 0 Å². The van der Waals surface area contributed by atoms with Crippen molar-refractivity contribution in [2.75, 3.05) is 19.7 Å². The molecule has 1 atom stereocenters. The number of halogens is 1. The van der Waals surface area contributed by atoms with E-state index in [2.05, 4.69) is 4.90 Å². The van der Waals surface area contributed by atoms with Crippen molar-refractivity contribution in [2.45, 2.75) is 26.3 Å². The van der Waals surface area contributed by atoms with Crippen LogP contribution in [0.1, 0.15) is 25.3 Å². The van der Waals surface area contributed by atoms with Crippen molar-refractivity contribution in [3.63, 3.8) is 0 Å². The minimum atomic E-state index is -0.180. The summed E-state index contributed by atoms with van der Waals surface area (Å²) in [5.74, 6) is -0.373. The number of carbonyl (C=O) groups excluding carboxylic acids is 1. The summed E-state index contributed by atoms with van der Waals surface area (Å²) in [6.45, 7) is 4.36. The molecule has 1 fully saturated rings. The minimum Gasteiger partial charge on any atom is -0.466 e. The number of esters is 1. The zero-order chi connectivity index (χ0) is 13.7. The van der Waals surface area contributed by atoms with Crippen molar-refractivity contribution in [2.24, 2.45) is 5.92 Å². The molecule has 0 radical (unpaired) electrons. The lowest BCUT2D eigenvalue weighted by molar-refractivity contribution is -0.150. The molecule has 4 heteroatoms. The summed E-state index contributed by atoms with van der Waals surface area (Å²) < 4.78 is 18.7. The molecule has 0 N–H and O–H groups in total. The van der Waals surface area contributed by atoms with Crippen LogP contribution in [0.4, 0.5) is 4.39 Å². The Balaban J connectivity index is 1.94. The Morgan fingerprint density at radius 2 is 2.26 bits per heavy atom. The fourth-order valence-corrected chi connectivity index (χ4v) is 2.52. The summed E-state index contributed by atoms with van der Waals surface area (Å²) >= 11 is 0. The Labute approximate surface area is 113 Å². The number of benzene rings is 1. The van der Waals surface area contributed by atoms with Crippen molar-refractivity contribution in [3.8, 4) is 0 Å². The van der Waals surface area contributed by atoms with Crippen LogP contribution in [0.25, 0.3) is 0 Å². The summed E-state index contributed by atoms with van der Waals surface area (Å²) in [5, 5.41) is 0. The molecule has 0 aliphatic carbocycles. The predicted octanol–water partition coefficient (Wildman–Crippen LogP) is 2.60. The molecule has 0 amide bonds.